The molecule has 0 rings (SSSR count). The fourth-order valence-electron chi connectivity index (χ4n) is 8.09. The van der Waals surface area contributed by atoms with E-state index in [0.717, 1.165) is 77.0 Å². The second-order valence-electron chi connectivity index (χ2n) is 18.2. The normalized spacial score (nSPS) is 13.6. The molecule has 0 aromatic carbocycles. The van der Waals surface area contributed by atoms with Crippen molar-refractivity contribution in [2.75, 3.05) is 6.61 Å². The van der Waals surface area contributed by atoms with Crippen LogP contribution < -0.4 is 5.32 Å². The van der Waals surface area contributed by atoms with Crippen LogP contribution in [0.25, 0.3) is 0 Å². The van der Waals surface area contributed by atoms with Crippen molar-refractivity contribution in [1.29, 1.82) is 0 Å². The van der Waals surface area contributed by atoms with Crippen molar-refractivity contribution in [3.8, 4) is 0 Å². The molecule has 0 saturated carbocycles. The van der Waals surface area contributed by atoms with Crippen LogP contribution in [-0.4, -0.2) is 46.9 Å². The summed E-state index contributed by atoms with van der Waals surface area (Å²) in [5.74, 6) is -0.511. The van der Waals surface area contributed by atoms with Crippen LogP contribution in [-0.2, 0) is 14.3 Å². The molecule has 0 saturated heterocycles. The highest BCUT2D eigenvalue weighted by atomic mass is 16.5. The fourth-order valence-corrected chi connectivity index (χ4v) is 8.09. The predicted molar refractivity (Wildman–Crippen MR) is 269 cm³/mol. The Balaban J connectivity index is 4.54. The summed E-state index contributed by atoms with van der Waals surface area (Å²) in [6, 6.07) is -0.714. The van der Waals surface area contributed by atoms with Gasteiger partial charge >= 0.3 is 5.97 Å². The number of unbranched alkanes of at least 4 members (excludes halogenated alkanes) is 28. The highest BCUT2D eigenvalue weighted by molar-refractivity contribution is 5.77. The number of esters is 1. The minimum atomic E-state index is -0.798. The lowest BCUT2D eigenvalue weighted by Gasteiger charge is -2.24. The van der Waals surface area contributed by atoms with Gasteiger partial charge in [-0.25, -0.2) is 0 Å². The molecule has 362 valence electrons. The van der Waals surface area contributed by atoms with Crippen LogP contribution in [0.5, 0.6) is 0 Å². The topological polar surface area (TPSA) is 95.9 Å². The van der Waals surface area contributed by atoms with Gasteiger partial charge in [-0.15, -0.1) is 0 Å². The van der Waals surface area contributed by atoms with E-state index in [0.29, 0.717) is 19.3 Å². The minimum absolute atomic E-state index is 0.0508. The van der Waals surface area contributed by atoms with Crippen LogP contribution in [0.4, 0.5) is 0 Å². The molecule has 0 aromatic heterocycles. The molecule has 1 amide bonds. The van der Waals surface area contributed by atoms with E-state index in [1.807, 2.05) is 0 Å². The molecule has 0 heterocycles. The zero-order chi connectivity index (χ0) is 45.2. The van der Waals surface area contributed by atoms with Crippen molar-refractivity contribution in [2.45, 2.75) is 289 Å². The number of hydrogen-bond acceptors (Lipinski definition) is 5. The van der Waals surface area contributed by atoms with E-state index in [1.54, 1.807) is 0 Å². The first-order valence-electron chi connectivity index (χ1n) is 26.9. The number of ether oxygens (including phenoxy) is 1. The first-order chi connectivity index (χ1) is 30.5. The average molecular weight is 870 g/mol. The van der Waals surface area contributed by atoms with Crippen molar-refractivity contribution in [3.05, 3.63) is 48.6 Å². The van der Waals surface area contributed by atoms with Crippen LogP contribution in [0.2, 0.25) is 0 Å². The Bertz CT molecular complexity index is 1070. The first kappa shape index (κ1) is 59.8. The van der Waals surface area contributed by atoms with Gasteiger partial charge in [0, 0.05) is 6.42 Å². The summed E-state index contributed by atoms with van der Waals surface area (Å²) in [5.41, 5.74) is 0. The zero-order valence-electron chi connectivity index (χ0n) is 41.3. The lowest BCUT2D eigenvalue weighted by atomic mass is 10.0. The van der Waals surface area contributed by atoms with Gasteiger partial charge in [-0.3, -0.25) is 9.59 Å². The summed E-state index contributed by atoms with van der Waals surface area (Å²) in [7, 11) is 0. The van der Waals surface area contributed by atoms with E-state index in [2.05, 4.69) is 74.7 Å². The zero-order valence-corrected chi connectivity index (χ0v) is 41.3. The summed E-state index contributed by atoms with van der Waals surface area (Å²) in [6.45, 7) is 6.36. The molecular weight excluding hydrogens is 767 g/mol. The molecule has 3 atom stereocenters. The summed E-state index contributed by atoms with van der Waals surface area (Å²) in [5, 5.41) is 23.8. The molecule has 0 aliphatic rings. The van der Waals surface area contributed by atoms with Crippen LogP contribution in [0, 0.1) is 0 Å². The maximum Gasteiger partial charge on any atom is 0.306 e. The van der Waals surface area contributed by atoms with Gasteiger partial charge in [0.15, 0.2) is 0 Å². The van der Waals surface area contributed by atoms with Crippen molar-refractivity contribution >= 4 is 11.9 Å². The monoisotopic (exact) mass is 870 g/mol. The highest BCUT2D eigenvalue weighted by Crippen LogP contribution is 2.18. The third-order valence-electron chi connectivity index (χ3n) is 12.1. The molecule has 0 fully saturated rings. The number of amides is 1. The van der Waals surface area contributed by atoms with Crippen LogP contribution in [0.3, 0.4) is 0 Å². The fraction of sp³-hybridized carbons (Fsp3) is 0.821. The van der Waals surface area contributed by atoms with Crippen molar-refractivity contribution in [3.63, 3.8) is 0 Å². The lowest BCUT2D eigenvalue weighted by molar-refractivity contribution is -0.151. The maximum absolute atomic E-state index is 13.2. The Morgan fingerprint density at radius 3 is 1.37 bits per heavy atom. The van der Waals surface area contributed by atoms with Crippen molar-refractivity contribution in [2.24, 2.45) is 0 Å². The Labute approximate surface area is 385 Å². The minimum Gasteiger partial charge on any atom is -0.462 e. The summed E-state index contributed by atoms with van der Waals surface area (Å²) >= 11 is 0. The quantitative estimate of drug-likeness (QED) is 0.0322. The summed E-state index contributed by atoms with van der Waals surface area (Å²) in [6.07, 6.45) is 60.3. The molecule has 0 radical (unpaired) electrons. The van der Waals surface area contributed by atoms with Gasteiger partial charge in [0.05, 0.1) is 25.2 Å². The van der Waals surface area contributed by atoms with Crippen LogP contribution in [0.1, 0.15) is 271 Å². The lowest BCUT2D eigenvalue weighted by Crippen LogP contribution is -2.46. The Morgan fingerprint density at radius 2 is 0.871 bits per heavy atom. The molecule has 62 heavy (non-hydrogen) atoms. The number of aliphatic hydroxyl groups is 2. The number of aliphatic hydroxyl groups excluding tert-OH is 2. The number of hydrogen-bond donors (Lipinski definition) is 3. The number of carbonyl (C=O) groups is 2. The van der Waals surface area contributed by atoms with Gasteiger partial charge in [0.1, 0.15) is 6.10 Å². The molecule has 0 aliphatic carbocycles. The van der Waals surface area contributed by atoms with E-state index in [-0.39, 0.29) is 24.9 Å². The molecule has 0 aromatic rings. The summed E-state index contributed by atoms with van der Waals surface area (Å²) < 4.78 is 5.92. The number of allylic oxidation sites excluding steroid dienone is 8. The van der Waals surface area contributed by atoms with Gasteiger partial charge in [-0.2, -0.15) is 0 Å². The Kier molecular flexibility index (Phi) is 48.1. The molecule has 3 unspecified atom stereocenters. The van der Waals surface area contributed by atoms with Crippen molar-refractivity contribution in [1.82, 2.24) is 5.32 Å². The van der Waals surface area contributed by atoms with E-state index in [4.69, 9.17) is 4.74 Å². The predicted octanol–water partition coefficient (Wildman–Crippen LogP) is 16.2. The van der Waals surface area contributed by atoms with Gasteiger partial charge in [-0.05, 0) is 83.5 Å². The van der Waals surface area contributed by atoms with Crippen molar-refractivity contribution < 1.29 is 24.5 Å². The molecule has 0 aliphatic heterocycles. The van der Waals surface area contributed by atoms with Gasteiger partial charge in [-0.1, -0.05) is 223 Å². The van der Waals surface area contributed by atoms with Gasteiger partial charge in [0.25, 0.3) is 0 Å². The van der Waals surface area contributed by atoms with E-state index in [1.165, 1.54) is 148 Å². The second kappa shape index (κ2) is 49.8. The maximum atomic E-state index is 13.2. The van der Waals surface area contributed by atoms with Crippen LogP contribution in [0.15, 0.2) is 48.6 Å². The Morgan fingerprint density at radius 1 is 0.484 bits per heavy atom. The number of nitrogens with one attached hydrogen (secondary N) is 1. The largest absolute Gasteiger partial charge is 0.462 e. The third kappa shape index (κ3) is 44.4. The smallest absolute Gasteiger partial charge is 0.306 e. The average Bonchev–Trinajstić information content (AvgIpc) is 3.26. The molecule has 6 heteroatoms. The SMILES string of the molecule is CC/C=C/C/C=C/C/C=C/CCCCC(CC(=O)NC(CO)C(O)CCCCCCCCCCCCCCCCCC)OC(=O)CCCCCCCCC/C=C\CCCCCC. The molecule has 3 N–H and O–H groups in total. The van der Waals surface area contributed by atoms with Gasteiger partial charge in [0.2, 0.25) is 5.91 Å². The molecule has 0 spiro atoms. The molecule has 0 bridgehead atoms. The van der Waals surface area contributed by atoms with E-state index >= 15 is 0 Å². The third-order valence-corrected chi connectivity index (χ3v) is 12.1. The number of carbonyl (C=O) groups excluding carboxylic acids is 2. The number of rotatable bonds is 48. The first-order valence-corrected chi connectivity index (χ1v) is 26.9. The van der Waals surface area contributed by atoms with Gasteiger partial charge < -0.3 is 20.3 Å². The molecule has 6 nitrogen and oxygen atoms in total. The second-order valence-corrected chi connectivity index (χ2v) is 18.2. The van der Waals surface area contributed by atoms with Crippen LogP contribution >= 0.6 is 0 Å². The highest BCUT2D eigenvalue weighted by Gasteiger charge is 2.24. The van der Waals surface area contributed by atoms with E-state index < -0.39 is 18.2 Å². The van der Waals surface area contributed by atoms with E-state index in [9.17, 15) is 19.8 Å². The standard InChI is InChI=1S/C56H103NO5/c1-4-7-10-13-16-19-22-25-27-29-30-33-36-39-42-45-48-54(59)53(51-58)57-55(60)50-52(47-44-41-38-35-32-24-21-18-15-12-9-6-3)62-56(61)49-46-43-40-37-34-31-28-26-23-20-17-14-11-8-5-2/h9,12,18,20-21,23,32,35,52-54,58-59H,4-8,10-11,13-17,19,22,24-31,33-34,36-51H2,1-3H3,(H,57,60)/b12-9+,21-18+,23-20-,35-32+. The summed E-state index contributed by atoms with van der Waals surface area (Å²) in [4.78, 5) is 26.1. The Hall–Kier alpha value is -2.18. The molecular formula is C56H103NO5.